The number of amides is 2. The molecule has 1 aromatic carbocycles. The molecule has 1 N–H and O–H groups in total. The fourth-order valence-corrected chi connectivity index (χ4v) is 2.37. The first kappa shape index (κ1) is 16.6. The zero-order valence-electron chi connectivity index (χ0n) is 12.5. The number of carbonyl (C=O) groups excluding carboxylic acids is 2. The summed E-state index contributed by atoms with van der Waals surface area (Å²) < 4.78 is 4.96. The van der Waals surface area contributed by atoms with E-state index in [0.29, 0.717) is 44.4 Å². The fourth-order valence-electron chi connectivity index (χ4n) is 2.24. The average Bonchev–Trinajstić information content (AvgIpc) is 2.50. The Kier molecular flexibility index (Phi) is 6.03. The molecule has 1 saturated heterocycles. The number of hydrogen-bond acceptors (Lipinski definition) is 4. The van der Waals surface area contributed by atoms with Gasteiger partial charge in [0.1, 0.15) is 0 Å². The van der Waals surface area contributed by atoms with Crippen LogP contribution in [0.5, 0.6) is 0 Å². The quantitative estimate of drug-likeness (QED) is 0.920. The van der Waals surface area contributed by atoms with Crippen LogP contribution in [0.1, 0.15) is 6.92 Å². The van der Waals surface area contributed by atoms with Gasteiger partial charge < -0.3 is 15.0 Å². The first-order valence-electron chi connectivity index (χ1n) is 7.28. The van der Waals surface area contributed by atoms with E-state index in [9.17, 15) is 9.59 Å². The highest BCUT2D eigenvalue weighted by atomic mass is 35.5. The molecule has 1 aromatic rings. The summed E-state index contributed by atoms with van der Waals surface area (Å²) in [5.41, 5.74) is 0.722. The Balaban J connectivity index is 1.74. The number of nitrogens with one attached hydrogen (secondary N) is 1. The number of anilines is 1. The topological polar surface area (TPSA) is 61.9 Å². The minimum absolute atomic E-state index is 0.0769. The van der Waals surface area contributed by atoms with E-state index in [1.165, 1.54) is 0 Å². The SMILES string of the molecule is CCOC(=O)N1CCN(CC(=O)Nc2ccc(Cl)cc2)CC1. The van der Waals surface area contributed by atoms with Gasteiger partial charge in [-0.1, -0.05) is 11.6 Å². The van der Waals surface area contributed by atoms with Crippen molar-refractivity contribution in [3.8, 4) is 0 Å². The highest BCUT2D eigenvalue weighted by Crippen LogP contribution is 2.13. The molecule has 0 radical (unpaired) electrons. The zero-order valence-corrected chi connectivity index (χ0v) is 13.3. The van der Waals surface area contributed by atoms with Crippen molar-refractivity contribution >= 4 is 29.3 Å². The molecule has 0 unspecified atom stereocenters. The summed E-state index contributed by atoms with van der Waals surface area (Å²) in [4.78, 5) is 27.3. The molecule has 1 heterocycles. The van der Waals surface area contributed by atoms with Crippen LogP contribution in [0, 0.1) is 0 Å². The molecule has 6 nitrogen and oxygen atoms in total. The Morgan fingerprint density at radius 2 is 1.82 bits per heavy atom. The lowest BCUT2D eigenvalue weighted by molar-refractivity contribution is -0.117. The van der Waals surface area contributed by atoms with Crippen molar-refractivity contribution in [3.63, 3.8) is 0 Å². The highest BCUT2D eigenvalue weighted by molar-refractivity contribution is 6.30. The zero-order chi connectivity index (χ0) is 15.9. The largest absolute Gasteiger partial charge is 0.450 e. The summed E-state index contributed by atoms with van der Waals surface area (Å²) in [6.45, 7) is 4.94. The Labute approximate surface area is 135 Å². The lowest BCUT2D eigenvalue weighted by Crippen LogP contribution is -2.50. The van der Waals surface area contributed by atoms with Crippen LogP contribution in [0.4, 0.5) is 10.5 Å². The average molecular weight is 326 g/mol. The van der Waals surface area contributed by atoms with Crippen LogP contribution >= 0.6 is 11.6 Å². The van der Waals surface area contributed by atoms with Crippen LogP contribution < -0.4 is 5.32 Å². The highest BCUT2D eigenvalue weighted by Gasteiger charge is 2.23. The van der Waals surface area contributed by atoms with Crippen molar-refractivity contribution in [2.75, 3.05) is 44.6 Å². The van der Waals surface area contributed by atoms with Crippen molar-refractivity contribution in [2.24, 2.45) is 0 Å². The standard InChI is InChI=1S/C15H20ClN3O3/c1-2-22-15(21)19-9-7-18(8-10-19)11-14(20)17-13-5-3-12(16)4-6-13/h3-6H,2,7-11H2,1H3,(H,17,20). The normalized spacial score (nSPS) is 15.5. The van der Waals surface area contributed by atoms with Gasteiger partial charge in [0.2, 0.25) is 5.91 Å². The second-order valence-corrected chi connectivity index (χ2v) is 5.45. The van der Waals surface area contributed by atoms with Gasteiger partial charge in [-0.3, -0.25) is 9.69 Å². The number of benzene rings is 1. The van der Waals surface area contributed by atoms with Gasteiger partial charge in [0.15, 0.2) is 0 Å². The molecule has 1 fully saturated rings. The van der Waals surface area contributed by atoms with E-state index in [2.05, 4.69) is 5.32 Å². The van der Waals surface area contributed by atoms with E-state index in [-0.39, 0.29) is 12.0 Å². The van der Waals surface area contributed by atoms with Gasteiger partial charge in [-0.05, 0) is 31.2 Å². The van der Waals surface area contributed by atoms with Gasteiger partial charge >= 0.3 is 6.09 Å². The van der Waals surface area contributed by atoms with Crippen LogP contribution in [0.25, 0.3) is 0 Å². The lowest BCUT2D eigenvalue weighted by Gasteiger charge is -2.33. The van der Waals surface area contributed by atoms with Crippen LogP contribution in [0.3, 0.4) is 0 Å². The van der Waals surface area contributed by atoms with Crippen molar-refractivity contribution < 1.29 is 14.3 Å². The molecule has 2 rings (SSSR count). The van der Waals surface area contributed by atoms with Gasteiger partial charge in [0.05, 0.1) is 13.2 Å². The predicted molar refractivity (Wildman–Crippen MR) is 85.1 cm³/mol. The van der Waals surface area contributed by atoms with Crippen molar-refractivity contribution in [3.05, 3.63) is 29.3 Å². The molecule has 1 aliphatic heterocycles. The molecule has 0 bridgehead atoms. The van der Waals surface area contributed by atoms with E-state index in [0.717, 1.165) is 5.69 Å². The predicted octanol–water partition coefficient (Wildman–Crippen LogP) is 2.05. The van der Waals surface area contributed by atoms with Crippen LogP contribution in [0.2, 0.25) is 5.02 Å². The third kappa shape index (κ3) is 4.89. The maximum atomic E-state index is 12.0. The molecular formula is C15H20ClN3O3. The molecule has 2 amide bonds. The van der Waals surface area contributed by atoms with Crippen molar-refractivity contribution in [1.82, 2.24) is 9.80 Å². The molecule has 0 saturated carbocycles. The van der Waals surface area contributed by atoms with Crippen LogP contribution in [-0.2, 0) is 9.53 Å². The molecule has 1 aliphatic rings. The Morgan fingerprint density at radius 1 is 1.18 bits per heavy atom. The molecule has 0 aliphatic carbocycles. The number of rotatable bonds is 4. The Hall–Kier alpha value is -1.79. The minimum Gasteiger partial charge on any atom is -0.450 e. The molecule has 0 spiro atoms. The first-order valence-corrected chi connectivity index (χ1v) is 7.65. The second-order valence-electron chi connectivity index (χ2n) is 5.02. The summed E-state index contributed by atoms with van der Waals surface area (Å²) in [6, 6.07) is 6.99. The third-order valence-electron chi connectivity index (χ3n) is 3.39. The number of halogens is 1. The van der Waals surface area contributed by atoms with E-state index in [1.54, 1.807) is 36.1 Å². The number of piperazine rings is 1. The molecule has 22 heavy (non-hydrogen) atoms. The summed E-state index contributed by atoms with van der Waals surface area (Å²) in [7, 11) is 0. The third-order valence-corrected chi connectivity index (χ3v) is 3.65. The molecule has 0 aromatic heterocycles. The summed E-state index contributed by atoms with van der Waals surface area (Å²) in [5.74, 6) is -0.0769. The molecular weight excluding hydrogens is 306 g/mol. The Morgan fingerprint density at radius 3 is 2.41 bits per heavy atom. The van der Waals surface area contributed by atoms with Gasteiger partial charge in [-0.15, -0.1) is 0 Å². The van der Waals surface area contributed by atoms with Gasteiger partial charge in [0, 0.05) is 36.9 Å². The first-order chi connectivity index (χ1) is 10.6. The van der Waals surface area contributed by atoms with Crippen molar-refractivity contribution in [2.45, 2.75) is 6.92 Å². The van der Waals surface area contributed by atoms with Crippen LogP contribution in [0.15, 0.2) is 24.3 Å². The van der Waals surface area contributed by atoms with E-state index < -0.39 is 0 Å². The molecule has 120 valence electrons. The summed E-state index contributed by atoms with van der Waals surface area (Å²) >= 11 is 5.80. The van der Waals surface area contributed by atoms with E-state index >= 15 is 0 Å². The van der Waals surface area contributed by atoms with Gasteiger partial charge in [0.25, 0.3) is 0 Å². The lowest BCUT2D eigenvalue weighted by atomic mass is 10.3. The van der Waals surface area contributed by atoms with E-state index in [4.69, 9.17) is 16.3 Å². The number of carbonyl (C=O) groups is 2. The Bertz CT molecular complexity index is 513. The number of nitrogens with zero attached hydrogens (tertiary/aromatic N) is 2. The minimum atomic E-state index is -0.284. The monoisotopic (exact) mass is 325 g/mol. The maximum Gasteiger partial charge on any atom is 0.409 e. The fraction of sp³-hybridized carbons (Fsp3) is 0.467. The smallest absolute Gasteiger partial charge is 0.409 e. The summed E-state index contributed by atoms with van der Waals surface area (Å²) in [5, 5.41) is 3.46. The number of ether oxygens (including phenoxy) is 1. The van der Waals surface area contributed by atoms with Crippen molar-refractivity contribution in [1.29, 1.82) is 0 Å². The van der Waals surface area contributed by atoms with Gasteiger partial charge in [-0.25, -0.2) is 4.79 Å². The molecule has 7 heteroatoms. The summed E-state index contributed by atoms with van der Waals surface area (Å²) in [6.07, 6.45) is -0.284. The molecule has 0 atom stereocenters. The number of hydrogen-bond donors (Lipinski definition) is 1. The van der Waals surface area contributed by atoms with Gasteiger partial charge in [-0.2, -0.15) is 0 Å². The van der Waals surface area contributed by atoms with Crippen LogP contribution in [-0.4, -0.2) is 61.1 Å². The van der Waals surface area contributed by atoms with E-state index in [1.807, 2.05) is 4.90 Å². The second kappa shape index (κ2) is 8.00. The maximum absolute atomic E-state index is 12.0.